The molecule has 0 aliphatic heterocycles. The van der Waals surface area contributed by atoms with E-state index >= 15 is 0 Å². The Morgan fingerprint density at radius 2 is 0.609 bits per heavy atom. The molecule has 0 aliphatic rings. The average Bonchev–Trinajstić information content (AvgIpc) is 3.02. The van der Waals surface area contributed by atoms with E-state index in [-0.39, 0.29) is 24.3 Å². The Labute approximate surface area is 263 Å². The fourth-order valence-electron chi connectivity index (χ4n) is 2.79. The summed E-state index contributed by atoms with van der Waals surface area (Å²) in [5.41, 5.74) is -0.578. The lowest BCUT2D eigenvalue weighted by molar-refractivity contribution is -0.0194. The van der Waals surface area contributed by atoms with Crippen molar-refractivity contribution < 1.29 is 89.1 Å². The van der Waals surface area contributed by atoms with Crippen molar-refractivity contribution in [3.8, 4) is 34.5 Å². The molecule has 0 aliphatic carbocycles. The van der Waals surface area contributed by atoms with E-state index in [2.05, 4.69) is 0 Å². The smallest absolute Gasteiger partial charge is 0.335 e. The molecule has 0 saturated heterocycles. The van der Waals surface area contributed by atoms with Crippen molar-refractivity contribution in [2.45, 2.75) is 0 Å². The summed E-state index contributed by atoms with van der Waals surface area (Å²) in [5, 5.41) is 86.9. The first kappa shape index (κ1) is 41.9. The van der Waals surface area contributed by atoms with E-state index in [1.807, 2.05) is 0 Å². The molecule has 2 rings (SSSR count). The molecule has 0 aromatic heterocycles. The largest absolute Gasteiger partial charge is 0.504 e. The number of hydrogen-bond donors (Lipinski definition) is 10. The van der Waals surface area contributed by atoms with Gasteiger partial charge in [-0.3, -0.25) is 0 Å². The van der Waals surface area contributed by atoms with Crippen molar-refractivity contribution in [2.24, 2.45) is 0 Å². The molecule has 18 heteroatoms. The van der Waals surface area contributed by atoms with Gasteiger partial charge in [0.15, 0.2) is 34.5 Å². The van der Waals surface area contributed by atoms with Gasteiger partial charge in [-0.1, -0.05) is 0 Å². The van der Waals surface area contributed by atoms with Crippen LogP contribution in [0.4, 0.5) is 0 Å². The van der Waals surface area contributed by atoms with E-state index in [1.54, 1.807) is 0 Å². The molecule has 0 heterocycles. The summed E-state index contributed by atoms with van der Waals surface area (Å²) in [6.07, 6.45) is 0. The summed E-state index contributed by atoms with van der Waals surface area (Å²) >= 11 is 0. The van der Waals surface area contributed by atoms with Gasteiger partial charge >= 0.3 is 11.9 Å². The molecule has 18 nitrogen and oxygen atoms in total. The third-order valence-corrected chi connectivity index (χ3v) is 4.96. The van der Waals surface area contributed by atoms with E-state index in [4.69, 9.17) is 79.5 Å². The van der Waals surface area contributed by atoms with Crippen LogP contribution in [0.15, 0.2) is 24.3 Å². The van der Waals surface area contributed by atoms with Gasteiger partial charge in [0.05, 0.1) is 104 Å². The lowest BCUT2D eigenvalue weighted by Crippen LogP contribution is -2.14. The van der Waals surface area contributed by atoms with Crippen molar-refractivity contribution in [3.63, 3.8) is 0 Å². The predicted octanol–water partition coefficient (Wildman–Crippen LogP) is 0.0738. The second kappa shape index (κ2) is 26.1. The highest BCUT2D eigenvalue weighted by Crippen LogP contribution is 2.36. The fourth-order valence-corrected chi connectivity index (χ4v) is 2.79. The summed E-state index contributed by atoms with van der Waals surface area (Å²) in [6, 6.07) is 3.38. The van der Waals surface area contributed by atoms with Gasteiger partial charge in [-0.05, 0) is 24.3 Å². The molecular formula is C28H42O18. The van der Waals surface area contributed by atoms with Gasteiger partial charge in [0.1, 0.15) is 0 Å². The molecule has 262 valence electrons. The Morgan fingerprint density at radius 3 is 0.783 bits per heavy atom. The Hall–Kier alpha value is -4.14. The predicted molar refractivity (Wildman–Crippen MR) is 156 cm³/mol. The number of carboxylic acid groups (broad SMARTS) is 2. The quantitative estimate of drug-likeness (QED) is 0.0623. The van der Waals surface area contributed by atoms with Gasteiger partial charge in [-0.2, -0.15) is 0 Å². The van der Waals surface area contributed by atoms with Crippen LogP contribution in [-0.2, 0) is 28.4 Å². The van der Waals surface area contributed by atoms with Crippen molar-refractivity contribution in [3.05, 3.63) is 35.4 Å². The first-order chi connectivity index (χ1) is 22.0. The van der Waals surface area contributed by atoms with E-state index in [9.17, 15) is 9.59 Å². The van der Waals surface area contributed by atoms with Crippen molar-refractivity contribution in [2.75, 3.05) is 92.5 Å². The van der Waals surface area contributed by atoms with Crippen LogP contribution >= 0.6 is 0 Å². The minimum Gasteiger partial charge on any atom is -0.504 e. The summed E-state index contributed by atoms with van der Waals surface area (Å²) < 4.78 is 31.2. The molecule has 2 aromatic carbocycles. The Kier molecular flexibility index (Phi) is 23.8. The molecule has 0 amide bonds. The van der Waals surface area contributed by atoms with Crippen LogP contribution in [-0.4, -0.2) is 156 Å². The van der Waals surface area contributed by atoms with E-state index in [0.29, 0.717) is 79.3 Å². The number of benzene rings is 2. The van der Waals surface area contributed by atoms with E-state index in [0.717, 1.165) is 24.3 Å². The molecule has 0 atom stereocenters. The molecule has 0 saturated carbocycles. The van der Waals surface area contributed by atoms with Crippen molar-refractivity contribution >= 4 is 11.9 Å². The number of rotatable bonds is 21. The number of carboxylic acids is 2. The van der Waals surface area contributed by atoms with Gasteiger partial charge in [-0.25, -0.2) is 9.59 Å². The highest BCUT2D eigenvalue weighted by Gasteiger charge is 2.12. The molecule has 10 N–H and O–H groups in total. The van der Waals surface area contributed by atoms with Crippen LogP contribution in [0.3, 0.4) is 0 Å². The second-order valence-corrected chi connectivity index (χ2v) is 8.46. The number of ether oxygens (including phenoxy) is 6. The van der Waals surface area contributed by atoms with E-state index < -0.39 is 46.4 Å². The number of phenolic OH excluding ortho intramolecular Hbond substituents is 6. The van der Waals surface area contributed by atoms with Gasteiger partial charge in [0.2, 0.25) is 0 Å². The van der Waals surface area contributed by atoms with Gasteiger partial charge in [0.25, 0.3) is 0 Å². The fraction of sp³-hybridized carbons (Fsp3) is 0.500. The monoisotopic (exact) mass is 666 g/mol. The highest BCUT2D eigenvalue weighted by molar-refractivity contribution is 5.89. The summed E-state index contributed by atoms with van der Waals surface area (Å²) in [6.45, 7) is 5.81. The lowest BCUT2D eigenvalue weighted by atomic mass is 10.2. The number of aromatic carboxylic acids is 2. The van der Waals surface area contributed by atoms with E-state index in [1.165, 1.54) is 0 Å². The van der Waals surface area contributed by atoms with Crippen molar-refractivity contribution in [1.82, 2.24) is 0 Å². The minimum atomic E-state index is -1.29. The summed E-state index contributed by atoms with van der Waals surface area (Å²) in [7, 11) is 0. The normalized spacial score (nSPS) is 10.4. The molecule has 2 aromatic rings. The Balaban J connectivity index is 0.000000711. The number of aromatic hydroxyl groups is 6. The van der Waals surface area contributed by atoms with Gasteiger partial charge in [0, 0.05) is 0 Å². The number of aliphatic hydroxyl groups is 2. The van der Waals surface area contributed by atoms with Crippen LogP contribution in [0.1, 0.15) is 20.7 Å². The zero-order valence-electron chi connectivity index (χ0n) is 24.9. The number of aliphatic hydroxyl groups excluding tert-OH is 2. The number of carbonyl (C=O) groups is 2. The minimum absolute atomic E-state index is 0.0334. The second-order valence-electron chi connectivity index (χ2n) is 8.46. The molecule has 0 fully saturated rings. The molecule has 46 heavy (non-hydrogen) atoms. The zero-order valence-corrected chi connectivity index (χ0v) is 24.9. The van der Waals surface area contributed by atoms with Crippen LogP contribution in [0.2, 0.25) is 0 Å². The Bertz CT molecular complexity index is 992. The summed E-state index contributed by atoms with van der Waals surface area (Å²) in [4.78, 5) is 20.6. The summed E-state index contributed by atoms with van der Waals surface area (Å²) in [5.74, 6) is -6.67. The highest BCUT2D eigenvalue weighted by atomic mass is 16.6. The number of phenols is 6. The lowest BCUT2D eigenvalue weighted by Gasteiger charge is -2.07. The first-order valence-electron chi connectivity index (χ1n) is 13.6. The maximum Gasteiger partial charge on any atom is 0.335 e. The van der Waals surface area contributed by atoms with Crippen LogP contribution < -0.4 is 0 Å². The molecule has 0 unspecified atom stereocenters. The van der Waals surface area contributed by atoms with Crippen LogP contribution in [0.25, 0.3) is 0 Å². The zero-order chi connectivity index (χ0) is 34.7. The van der Waals surface area contributed by atoms with Gasteiger partial charge < -0.3 is 79.5 Å². The van der Waals surface area contributed by atoms with Crippen LogP contribution in [0, 0.1) is 0 Å². The molecule has 0 radical (unpaired) electrons. The third kappa shape index (κ3) is 20.0. The Morgan fingerprint density at radius 1 is 0.413 bits per heavy atom. The van der Waals surface area contributed by atoms with Crippen LogP contribution in [0.5, 0.6) is 34.5 Å². The number of hydrogen-bond acceptors (Lipinski definition) is 16. The topological polar surface area (TPSA) is 292 Å². The molecule has 0 spiro atoms. The van der Waals surface area contributed by atoms with Crippen molar-refractivity contribution in [1.29, 1.82) is 0 Å². The maximum atomic E-state index is 10.3. The molecule has 0 bridgehead atoms. The van der Waals surface area contributed by atoms with Gasteiger partial charge in [-0.15, -0.1) is 0 Å². The third-order valence-electron chi connectivity index (χ3n) is 4.96. The maximum absolute atomic E-state index is 10.3. The molecular weight excluding hydrogens is 624 g/mol. The average molecular weight is 667 g/mol. The first-order valence-corrected chi connectivity index (χ1v) is 13.6. The standard InChI is InChI=1S/C14H30O8.2C7H6O5/c15-1-3-17-5-7-19-9-11-21-13-14-22-12-10-20-8-6-18-4-2-16;2*8-4-1-3(7(11)12)2-5(9)6(4)10/h15-16H,1-14H2;2*1-2,8-10H,(H,11,12). The SMILES string of the molecule is O=C(O)c1cc(O)c(O)c(O)c1.O=C(O)c1cc(O)c(O)c(O)c1.OCCOCCOCCOCCOCCOCCOCCO.